The zero-order valence-corrected chi connectivity index (χ0v) is 21.7. The molecule has 0 heterocycles. The minimum atomic E-state index is -0.923. The summed E-state index contributed by atoms with van der Waals surface area (Å²) >= 11 is 0. The van der Waals surface area contributed by atoms with Crippen LogP contribution in [0.4, 0.5) is 18.9 Å². The summed E-state index contributed by atoms with van der Waals surface area (Å²) in [5.74, 6) is 4.31. The molecule has 0 aliphatic rings. The third-order valence-electron chi connectivity index (χ3n) is 4.23. The maximum atomic E-state index is 13.0. The van der Waals surface area contributed by atoms with Crippen molar-refractivity contribution in [3.63, 3.8) is 0 Å². The summed E-state index contributed by atoms with van der Waals surface area (Å²) < 4.78 is 43.9. The minimum absolute atomic E-state index is 0.0986. The molecule has 0 bridgehead atoms. The number of halogens is 3. The molecule has 0 aliphatic carbocycles. The molecule has 0 atom stereocenters. The Hall–Kier alpha value is -2.61. The highest BCUT2D eigenvalue weighted by Crippen LogP contribution is 2.29. The molecule has 0 saturated carbocycles. The normalized spacial score (nSPS) is 9.06. The van der Waals surface area contributed by atoms with Crippen molar-refractivity contribution in [2.75, 3.05) is 12.3 Å². The second-order valence-corrected chi connectivity index (χ2v) is 7.12. The van der Waals surface area contributed by atoms with Crippen molar-refractivity contribution in [2.24, 2.45) is 0 Å². The second-order valence-electron chi connectivity index (χ2n) is 7.12. The molecule has 0 radical (unpaired) electrons. The first-order valence-electron chi connectivity index (χ1n) is 11.7. The first-order valence-corrected chi connectivity index (χ1v) is 11.7. The standard InChI is InChI=1S/C11H15F2NO.C8H9F.C7H12.C2H6/c1-3-4-5-15-9-6-8(12)10(13)7(2)11(9)14;1-6-3-4-7(2)8(9)5-6;1-3-5-7-6-4-2;1-2/h6H,3-5,14H2,1-2H3;3-5H,1-2H3;3-5H2,1-2H3;1-2H3. The number of anilines is 1. The largest absolute Gasteiger partial charge is 0.491 e. The average molecular weight is 466 g/mol. The molecule has 2 aromatic rings. The zero-order chi connectivity index (χ0) is 25.8. The van der Waals surface area contributed by atoms with E-state index in [9.17, 15) is 13.2 Å². The molecular weight excluding hydrogens is 423 g/mol. The van der Waals surface area contributed by atoms with Gasteiger partial charge in [-0.05, 0) is 50.8 Å². The van der Waals surface area contributed by atoms with E-state index in [2.05, 4.69) is 25.7 Å². The smallest absolute Gasteiger partial charge is 0.164 e. The minimum Gasteiger partial charge on any atom is -0.491 e. The van der Waals surface area contributed by atoms with E-state index in [0.29, 0.717) is 12.2 Å². The van der Waals surface area contributed by atoms with E-state index in [4.69, 9.17) is 10.5 Å². The molecule has 2 rings (SSSR count). The van der Waals surface area contributed by atoms with E-state index >= 15 is 0 Å². The van der Waals surface area contributed by atoms with Gasteiger partial charge in [0.15, 0.2) is 11.6 Å². The first-order chi connectivity index (χ1) is 15.7. The zero-order valence-electron chi connectivity index (χ0n) is 21.7. The summed E-state index contributed by atoms with van der Waals surface area (Å²) in [5, 5.41) is 0. The number of rotatable bonds is 5. The van der Waals surface area contributed by atoms with Crippen molar-refractivity contribution in [3.05, 3.63) is 58.4 Å². The first kappa shape index (κ1) is 32.6. The highest BCUT2D eigenvalue weighted by Gasteiger charge is 2.13. The summed E-state index contributed by atoms with van der Waals surface area (Å²) in [5.41, 5.74) is 7.55. The fourth-order valence-corrected chi connectivity index (χ4v) is 2.22. The van der Waals surface area contributed by atoms with Gasteiger partial charge in [0.05, 0.1) is 12.3 Å². The Labute approximate surface area is 199 Å². The number of unbranched alkanes of at least 4 members (excludes halogenated alkanes) is 2. The Balaban J connectivity index is 0. The average Bonchev–Trinajstić information content (AvgIpc) is 2.81. The molecule has 5 heteroatoms. The topological polar surface area (TPSA) is 35.2 Å². The summed E-state index contributed by atoms with van der Waals surface area (Å²) in [6.45, 7) is 15.8. The van der Waals surface area contributed by atoms with Crippen LogP contribution in [0.5, 0.6) is 5.75 Å². The van der Waals surface area contributed by atoms with Gasteiger partial charge in [0, 0.05) is 24.5 Å². The van der Waals surface area contributed by atoms with Gasteiger partial charge in [0.2, 0.25) is 0 Å². The van der Waals surface area contributed by atoms with Crippen LogP contribution in [-0.2, 0) is 0 Å². The Morgan fingerprint density at radius 2 is 1.52 bits per heavy atom. The molecule has 0 amide bonds. The maximum Gasteiger partial charge on any atom is 0.164 e. The van der Waals surface area contributed by atoms with Crippen molar-refractivity contribution in [2.45, 2.75) is 87.5 Å². The van der Waals surface area contributed by atoms with Crippen LogP contribution in [0.3, 0.4) is 0 Å². The van der Waals surface area contributed by atoms with Crippen molar-refractivity contribution < 1.29 is 17.9 Å². The highest BCUT2D eigenvalue weighted by molar-refractivity contribution is 5.58. The molecule has 0 aromatic heterocycles. The van der Waals surface area contributed by atoms with Gasteiger partial charge >= 0.3 is 0 Å². The third-order valence-corrected chi connectivity index (χ3v) is 4.23. The van der Waals surface area contributed by atoms with Crippen LogP contribution in [0.15, 0.2) is 24.3 Å². The molecule has 2 nitrogen and oxygen atoms in total. The highest BCUT2D eigenvalue weighted by atomic mass is 19.2. The predicted octanol–water partition coefficient (Wildman–Crippen LogP) is 8.70. The molecule has 186 valence electrons. The van der Waals surface area contributed by atoms with E-state index in [1.165, 1.54) is 19.4 Å². The number of hydrogen-bond acceptors (Lipinski definition) is 2. The van der Waals surface area contributed by atoms with Crippen LogP contribution in [0.2, 0.25) is 0 Å². The van der Waals surface area contributed by atoms with E-state index in [0.717, 1.165) is 37.3 Å². The Kier molecular flexibility index (Phi) is 19.8. The van der Waals surface area contributed by atoms with Gasteiger partial charge in [0.25, 0.3) is 0 Å². The summed E-state index contributed by atoms with van der Waals surface area (Å²) in [7, 11) is 0. The summed E-state index contributed by atoms with van der Waals surface area (Å²) in [6, 6.07) is 6.21. The van der Waals surface area contributed by atoms with Gasteiger partial charge in [0.1, 0.15) is 11.6 Å². The number of hydrogen-bond donors (Lipinski definition) is 1. The molecule has 33 heavy (non-hydrogen) atoms. The van der Waals surface area contributed by atoms with Gasteiger partial charge in [-0.25, -0.2) is 13.2 Å². The number of nitrogens with two attached hydrogens (primary N) is 1. The van der Waals surface area contributed by atoms with Gasteiger partial charge < -0.3 is 10.5 Å². The second kappa shape index (κ2) is 20.0. The van der Waals surface area contributed by atoms with Crippen LogP contribution in [0.1, 0.15) is 83.4 Å². The number of benzene rings is 2. The lowest BCUT2D eigenvalue weighted by Gasteiger charge is -2.11. The van der Waals surface area contributed by atoms with E-state index < -0.39 is 11.6 Å². The Morgan fingerprint density at radius 3 is 2.00 bits per heavy atom. The van der Waals surface area contributed by atoms with Crippen LogP contribution in [0, 0.1) is 50.1 Å². The fraction of sp³-hybridized carbons (Fsp3) is 0.500. The lowest BCUT2D eigenvalue weighted by molar-refractivity contribution is 0.308. The molecule has 2 N–H and O–H groups in total. The van der Waals surface area contributed by atoms with Gasteiger partial charge in [-0.3, -0.25) is 0 Å². The summed E-state index contributed by atoms with van der Waals surface area (Å²) in [4.78, 5) is 0. The van der Waals surface area contributed by atoms with Crippen molar-refractivity contribution in [1.29, 1.82) is 0 Å². The molecule has 0 saturated heterocycles. The van der Waals surface area contributed by atoms with E-state index in [1.807, 2.05) is 33.8 Å². The monoisotopic (exact) mass is 465 g/mol. The lowest BCUT2D eigenvalue weighted by Crippen LogP contribution is -2.04. The van der Waals surface area contributed by atoms with Gasteiger partial charge in [-0.2, -0.15) is 0 Å². The van der Waals surface area contributed by atoms with Crippen molar-refractivity contribution in [3.8, 4) is 17.6 Å². The number of ether oxygens (including phenoxy) is 1. The van der Waals surface area contributed by atoms with Crippen LogP contribution in [-0.4, -0.2) is 6.61 Å². The maximum absolute atomic E-state index is 13.0. The van der Waals surface area contributed by atoms with Gasteiger partial charge in [-0.15, -0.1) is 11.8 Å². The molecule has 0 aliphatic heterocycles. The summed E-state index contributed by atoms with van der Waals surface area (Å²) in [6.07, 6.45) is 5.08. The van der Waals surface area contributed by atoms with Crippen molar-refractivity contribution >= 4 is 5.69 Å². The number of nitrogen functional groups attached to an aromatic ring is 1. The van der Waals surface area contributed by atoms with E-state index in [1.54, 1.807) is 13.0 Å². The Morgan fingerprint density at radius 1 is 0.879 bits per heavy atom. The predicted molar refractivity (Wildman–Crippen MR) is 136 cm³/mol. The van der Waals surface area contributed by atoms with Crippen LogP contribution in [0.25, 0.3) is 0 Å². The number of aryl methyl sites for hydroxylation is 2. The fourth-order valence-electron chi connectivity index (χ4n) is 2.22. The third kappa shape index (κ3) is 14.2. The molecular formula is C28H42F3NO. The lowest BCUT2D eigenvalue weighted by atomic mass is 10.1. The van der Waals surface area contributed by atoms with Gasteiger partial charge in [-0.1, -0.05) is 53.2 Å². The molecule has 0 unspecified atom stereocenters. The quantitative estimate of drug-likeness (QED) is 0.272. The van der Waals surface area contributed by atoms with E-state index in [-0.39, 0.29) is 22.8 Å². The van der Waals surface area contributed by atoms with Crippen molar-refractivity contribution in [1.82, 2.24) is 0 Å². The molecule has 2 aromatic carbocycles. The van der Waals surface area contributed by atoms with Crippen LogP contribution < -0.4 is 10.5 Å². The Bertz CT molecular complexity index is 854. The SMILES string of the molecule is CC.CCC#CCCC.CCCCOc1cc(F)c(F)c(C)c1N.Cc1ccc(C)c(F)c1. The molecule has 0 fully saturated rings. The van der Waals surface area contributed by atoms with Crippen LogP contribution >= 0.6 is 0 Å². The molecule has 0 spiro atoms.